The molecule has 0 atom stereocenters. The molecule has 0 bridgehead atoms. The van der Waals surface area contributed by atoms with Gasteiger partial charge in [0.2, 0.25) is 0 Å². The van der Waals surface area contributed by atoms with Gasteiger partial charge in [-0.05, 0) is 29.8 Å². The van der Waals surface area contributed by atoms with Gasteiger partial charge in [0.05, 0.1) is 0 Å². The molecule has 2 nitrogen and oxygen atoms in total. The Balaban J connectivity index is 1.92. The molecular formula is C14H10FNO. The fourth-order valence-electron chi connectivity index (χ4n) is 1.77. The Kier molecular flexibility index (Phi) is 2.37. The Morgan fingerprint density at radius 2 is 1.76 bits per heavy atom. The number of para-hydroxylation sites is 2. The van der Waals surface area contributed by atoms with E-state index in [0.717, 1.165) is 16.7 Å². The van der Waals surface area contributed by atoms with E-state index in [1.54, 1.807) is 12.1 Å². The highest BCUT2D eigenvalue weighted by atomic mass is 19.1. The number of halogens is 1. The largest absolute Gasteiger partial charge is 0.440 e. The maximum Gasteiger partial charge on any atom is 0.199 e. The van der Waals surface area contributed by atoms with Crippen LogP contribution < -0.4 is 0 Å². The SMILES string of the molecule is Fc1ccc(Cc2nc3ccccc3o2)cc1. The number of oxazole rings is 1. The smallest absolute Gasteiger partial charge is 0.199 e. The Morgan fingerprint density at radius 1 is 1.00 bits per heavy atom. The van der Waals surface area contributed by atoms with Crippen LogP contribution in [0.2, 0.25) is 0 Å². The van der Waals surface area contributed by atoms with Gasteiger partial charge < -0.3 is 4.42 Å². The molecule has 0 aliphatic rings. The molecule has 0 radical (unpaired) electrons. The van der Waals surface area contributed by atoms with Crippen LogP contribution in [0.1, 0.15) is 11.5 Å². The van der Waals surface area contributed by atoms with Crippen molar-refractivity contribution in [2.24, 2.45) is 0 Å². The van der Waals surface area contributed by atoms with Crippen molar-refractivity contribution < 1.29 is 8.81 Å². The van der Waals surface area contributed by atoms with E-state index in [1.165, 1.54) is 12.1 Å². The van der Waals surface area contributed by atoms with Crippen molar-refractivity contribution in [2.45, 2.75) is 6.42 Å². The van der Waals surface area contributed by atoms with Gasteiger partial charge in [0.25, 0.3) is 0 Å². The molecule has 0 amide bonds. The summed E-state index contributed by atoms with van der Waals surface area (Å²) in [5.74, 6) is 0.420. The average molecular weight is 227 g/mol. The van der Waals surface area contributed by atoms with Crippen LogP contribution in [0.15, 0.2) is 52.9 Å². The van der Waals surface area contributed by atoms with Gasteiger partial charge in [-0.25, -0.2) is 9.37 Å². The third-order valence-electron chi connectivity index (χ3n) is 2.61. The lowest BCUT2D eigenvalue weighted by molar-refractivity contribution is 0.543. The zero-order valence-corrected chi connectivity index (χ0v) is 9.06. The highest BCUT2D eigenvalue weighted by Crippen LogP contribution is 2.17. The standard InChI is InChI=1S/C14H10FNO/c15-11-7-5-10(6-8-11)9-14-16-12-3-1-2-4-13(12)17-14/h1-8H,9H2. The second kappa shape index (κ2) is 4.01. The average Bonchev–Trinajstić information content (AvgIpc) is 2.74. The molecule has 1 heterocycles. The first-order valence-corrected chi connectivity index (χ1v) is 5.40. The number of hydrogen-bond acceptors (Lipinski definition) is 2. The second-order valence-electron chi connectivity index (χ2n) is 3.88. The lowest BCUT2D eigenvalue weighted by atomic mass is 10.1. The summed E-state index contributed by atoms with van der Waals surface area (Å²) in [5, 5.41) is 0. The van der Waals surface area contributed by atoms with Crippen molar-refractivity contribution in [1.29, 1.82) is 0 Å². The van der Waals surface area contributed by atoms with E-state index < -0.39 is 0 Å². The molecule has 1 aromatic heterocycles. The molecule has 3 aromatic rings. The van der Waals surface area contributed by atoms with Gasteiger partial charge in [0.1, 0.15) is 11.3 Å². The van der Waals surface area contributed by atoms with Gasteiger partial charge >= 0.3 is 0 Å². The van der Waals surface area contributed by atoms with Gasteiger partial charge in [-0.2, -0.15) is 0 Å². The van der Waals surface area contributed by atoms with Crippen LogP contribution in [0.3, 0.4) is 0 Å². The molecule has 2 aromatic carbocycles. The quantitative estimate of drug-likeness (QED) is 0.669. The van der Waals surface area contributed by atoms with E-state index in [0.29, 0.717) is 12.3 Å². The van der Waals surface area contributed by atoms with Crippen molar-refractivity contribution in [3.05, 3.63) is 65.8 Å². The normalized spacial score (nSPS) is 10.9. The summed E-state index contributed by atoms with van der Waals surface area (Å²) in [6.45, 7) is 0. The third-order valence-corrected chi connectivity index (χ3v) is 2.61. The fraction of sp³-hybridized carbons (Fsp3) is 0.0714. The van der Waals surface area contributed by atoms with Gasteiger partial charge in [0, 0.05) is 6.42 Å². The third kappa shape index (κ3) is 2.04. The fourth-order valence-corrected chi connectivity index (χ4v) is 1.77. The van der Waals surface area contributed by atoms with E-state index in [1.807, 2.05) is 24.3 Å². The van der Waals surface area contributed by atoms with Crippen LogP contribution in [0.4, 0.5) is 4.39 Å². The summed E-state index contributed by atoms with van der Waals surface area (Å²) in [5.41, 5.74) is 2.62. The summed E-state index contributed by atoms with van der Waals surface area (Å²) < 4.78 is 18.4. The van der Waals surface area contributed by atoms with Gasteiger partial charge in [-0.1, -0.05) is 24.3 Å². The molecule has 3 heteroatoms. The molecule has 0 N–H and O–H groups in total. The predicted molar refractivity (Wildman–Crippen MR) is 63.2 cm³/mol. The predicted octanol–water partition coefficient (Wildman–Crippen LogP) is 3.56. The molecule has 84 valence electrons. The molecule has 17 heavy (non-hydrogen) atoms. The van der Waals surface area contributed by atoms with E-state index in [4.69, 9.17) is 4.42 Å². The van der Waals surface area contributed by atoms with Gasteiger partial charge in [0.15, 0.2) is 11.5 Å². The topological polar surface area (TPSA) is 26.0 Å². The minimum absolute atomic E-state index is 0.230. The number of fused-ring (bicyclic) bond motifs is 1. The van der Waals surface area contributed by atoms with Crippen LogP contribution >= 0.6 is 0 Å². The minimum Gasteiger partial charge on any atom is -0.440 e. The molecule has 0 unspecified atom stereocenters. The number of benzene rings is 2. The van der Waals surface area contributed by atoms with E-state index in [9.17, 15) is 4.39 Å². The molecule has 3 rings (SSSR count). The second-order valence-corrected chi connectivity index (χ2v) is 3.88. The summed E-state index contributed by atoms with van der Waals surface area (Å²) in [4.78, 5) is 4.37. The minimum atomic E-state index is -0.230. The number of aromatic nitrogens is 1. The summed E-state index contributed by atoms with van der Waals surface area (Å²) >= 11 is 0. The van der Waals surface area contributed by atoms with E-state index in [-0.39, 0.29) is 5.82 Å². The molecule has 0 saturated carbocycles. The lowest BCUT2D eigenvalue weighted by Crippen LogP contribution is -1.87. The zero-order chi connectivity index (χ0) is 11.7. The number of rotatable bonds is 2. The van der Waals surface area contributed by atoms with Crippen LogP contribution in [-0.2, 0) is 6.42 Å². The highest BCUT2D eigenvalue weighted by Gasteiger charge is 2.05. The Labute approximate surface area is 97.7 Å². The number of hydrogen-bond donors (Lipinski definition) is 0. The van der Waals surface area contributed by atoms with E-state index in [2.05, 4.69) is 4.98 Å². The van der Waals surface area contributed by atoms with Crippen molar-refractivity contribution in [2.75, 3.05) is 0 Å². The number of nitrogens with zero attached hydrogens (tertiary/aromatic N) is 1. The Hall–Kier alpha value is -2.16. The van der Waals surface area contributed by atoms with Crippen molar-refractivity contribution in [1.82, 2.24) is 4.98 Å². The maximum atomic E-state index is 12.8. The van der Waals surface area contributed by atoms with Gasteiger partial charge in [-0.15, -0.1) is 0 Å². The van der Waals surface area contributed by atoms with Crippen molar-refractivity contribution in [3.8, 4) is 0 Å². The Morgan fingerprint density at radius 3 is 2.53 bits per heavy atom. The first-order chi connectivity index (χ1) is 8.31. The van der Waals surface area contributed by atoms with Crippen LogP contribution in [0.5, 0.6) is 0 Å². The van der Waals surface area contributed by atoms with Crippen molar-refractivity contribution in [3.63, 3.8) is 0 Å². The first kappa shape index (κ1) is 10.0. The van der Waals surface area contributed by atoms with Crippen LogP contribution in [-0.4, -0.2) is 4.98 Å². The molecule has 0 saturated heterocycles. The van der Waals surface area contributed by atoms with Crippen molar-refractivity contribution >= 4 is 11.1 Å². The monoisotopic (exact) mass is 227 g/mol. The van der Waals surface area contributed by atoms with Crippen LogP contribution in [0.25, 0.3) is 11.1 Å². The molecule has 0 aliphatic heterocycles. The molecule has 0 aliphatic carbocycles. The van der Waals surface area contributed by atoms with Gasteiger partial charge in [-0.3, -0.25) is 0 Å². The first-order valence-electron chi connectivity index (χ1n) is 5.40. The lowest BCUT2D eigenvalue weighted by Gasteiger charge is -1.96. The Bertz CT molecular complexity index is 610. The molecule has 0 spiro atoms. The summed E-state index contributed by atoms with van der Waals surface area (Å²) in [6, 6.07) is 14.0. The van der Waals surface area contributed by atoms with Crippen LogP contribution in [0, 0.1) is 5.82 Å². The molecular weight excluding hydrogens is 217 g/mol. The maximum absolute atomic E-state index is 12.8. The summed E-state index contributed by atoms with van der Waals surface area (Å²) in [6.07, 6.45) is 0.578. The summed E-state index contributed by atoms with van der Waals surface area (Å²) in [7, 11) is 0. The van der Waals surface area contributed by atoms with E-state index >= 15 is 0 Å². The molecule has 0 fully saturated rings. The highest BCUT2D eigenvalue weighted by molar-refractivity contribution is 5.72. The zero-order valence-electron chi connectivity index (χ0n) is 9.06.